The maximum absolute atomic E-state index is 11.8. The second-order valence-corrected chi connectivity index (χ2v) is 28.4. The van der Waals surface area contributed by atoms with Crippen LogP contribution < -0.4 is 0 Å². The smallest absolute Gasteiger partial charge is 0.312 e. The number of rotatable bonds is 0. The molecule has 21 aliphatic rings. The first-order chi connectivity index (χ1) is 39.8. The summed E-state index contributed by atoms with van der Waals surface area (Å²) in [6, 6.07) is 0. The number of carbonyl (C=O) groups is 6. The Labute approximate surface area is 504 Å². The van der Waals surface area contributed by atoms with E-state index in [0.717, 1.165) is 144 Å². The molecule has 12 nitrogen and oxygen atoms in total. The maximum Gasteiger partial charge on any atom is 0.312 e. The predicted molar refractivity (Wildman–Crippen MR) is 326 cm³/mol. The van der Waals surface area contributed by atoms with Crippen molar-refractivity contribution in [2.24, 2.45) is 111 Å². The van der Waals surface area contributed by atoms with Gasteiger partial charge in [0.2, 0.25) is 0 Å². The summed E-state index contributed by atoms with van der Waals surface area (Å²) in [5, 5.41) is 0. The number of hydrogen-bond donors (Lipinski definition) is 0. The van der Waals surface area contributed by atoms with Crippen molar-refractivity contribution in [2.75, 3.05) is 0 Å². The molecule has 10 heterocycles. The Balaban J connectivity index is 0.000000154. The molecule has 11 aliphatic carbocycles. The van der Waals surface area contributed by atoms with Crippen molar-refractivity contribution in [3.63, 3.8) is 0 Å². The lowest BCUT2D eigenvalue weighted by molar-refractivity contribution is -0.176. The Morgan fingerprint density at radius 2 is 0.880 bits per heavy atom. The van der Waals surface area contributed by atoms with E-state index in [1.165, 1.54) is 38.5 Å². The molecule has 20 bridgehead atoms. The third kappa shape index (κ3) is 15.0. The number of ether oxygens (including phenoxy) is 6. The predicted octanol–water partition coefficient (Wildman–Crippen LogP) is 16.3. The van der Waals surface area contributed by atoms with Crippen molar-refractivity contribution in [1.82, 2.24) is 0 Å². The molecule has 10 aliphatic heterocycles. The minimum absolute atomic E-state index is 0.0503. The second kappa shape index (κ2) is 29.7. The van der Waals surface area contributed by atoms with Crippen LogP contribution in [0.15, 0.2) is 0 Å². The molecular formula is C71H120O12. The van der Waals surface area contributed by atoms with Crippen LogP contribution in [0.3, 0.4) is 0 Å². The highest BCUT2D eigenvalue weighted by atomic mass is 16.6. The Morgan fingerprint density at radius 3 is 1.41 bits per heavy atom. The van der Waals surface area contributed by atoms with E-state index >= 15 is 0 Å². The van der Waals surface area contributed by atoms with E-state index in [2.05, 4.69) is 41.5 Å². The maximum atomic E-state index is 11.8. The molecule has 0 aromatic rings. The Morgan fingerprint density at radius 1 is 0.373 bits per heavy atom. The SMILES string of the molecule is CC.CC.CC.CC.CC.CC.CC12CC3CC(C1)OC(=O)C(C3)C2.CC12CC3CC(CC(C3)C(=O)O1)C2.CC12CC3CC(CC(C3)OC1=O)C2.CC1C2CC3C(=O)OC1C3C2.CC1C2CC3CC2C(=O)OC31.CC1CCC2CC1OC2=O. The average molecular weight is 1170 g/mol. The molecule has 0 radical (unpaired) electrons. The summed E-state index contributed by atoms with van der Waals surface area (Å²) < 4.78 is 32.3. The molecule has 0 aromatic heterocycles. The van der Waals surface area contributed by atoms with Gasteiger partial charge in [-0.3, -0.25) is 28.8 Å². The zero-order valence-corrected chi connectivity index (χ0v) is 55.7. The van der Waals surface area contributed by atoms with Gasteiger partial charge in [0.05, 0.1) is 35.0 Å². The second-order valence-electron chi connectivity index (χ2n) is 28.4. The van der Waals surface area contributed by atoms with Crippen LogP contribution in [-0.2, 0) is 57.2 Å². The highest BCUT2D eigenvalue weighted by molar-refractivity contribution is 5.78. The van der Waals surface area contributed by atoms with Crippen LogP contribution in [0.25, 0.3) is 0 Å². The molecule has 21 unspecified atom stereocenters. The van der Waals surface area contributed by atoms with Gasteiger partial charge >= 0.3 is 35.8 Å². The summed E-state index contributed by atoms with van der Waals surface area (Å²) in [6.07, 6.45) is 26.6. The van der Waals surface area contributed by atoms with Gasteiger partial charge in [-0.25, -0.2) is 0 Å². The summed E-state index contributed by atoms with van der Waals surface area (Å²) in [4.78, 5) is 68.4. The zero-order valence-electron chi connectivity index (χ0n) is 55.7. The number of carbonyl (C=O) groups excluding carboxylic acids is 6. The third-order valence-corrected chi connectivity index (χ3v) is 22.7. The van der Waals surface area contributed by atoms with E-state index in [1.807, 2.05) is 83.1 Å². The summed E-state index contributed by atoms with van der Waals surface area (Å²) in [5.74, 6) is 10.3. The van der Waals surface area contributed by atoms with Gasteiger partial charge in [0.15, 0.2) is 0 Å². The van der Waals surface area contributed by atoms with E-state index in [0.29, 0.717) is 47.0 Å². The average Bonchev–Trinajstić information content (AvgIpc) is 3.56. The Hall–Kier alpha value is -3.18. The third-order valence-electron chi connectivity index (χ3n) is 22.7. The van der Waals surface area contributed by atoms with E-state index in [9.17, 15) is 28.8 Å². The zero-order chi connectivity index (χ0) is 61.5. The Bertz CT molecular complexity index is 2110. The summed E-state index contributed by atoms with van der Waals surface area (Å²) in [5.41, 5.74) is 0.192. The van der Waals surface area contributed by atoms with Crippen molar-refractivity contribution in [3.05, 3.63) is 0 Å². The molecular weight excluding hydrogens is 1040 g/mol. The van der Waals surface area contributed by atoms with Gasteiger partial charge in [0.1, 0.15) is 36.1 Å². The van der Waals surface area contributed by atoms with Crippen molar-refractivity contribution in [2.45, 2.75) is 302 Å². The molecule has 0 spiro atoms. The first-order valence-electron chi connectivity index (χ1n) is 35.0. The van der Waals surface area contributed by atoms with Gasteiger partial charge in [-0.1, -0.05) is 111 Å². The van der Waals surface area contributed by atoms with Crippen LogP contribution in [0.2, 0.25) is 0 Å². The van der Waals surface area contributed by atoms with E-state index in [4.69, 9.17) is 28.4 Å². The fourth-order valence-electron chi connectivity index (χ4n) is 19.9. The van der Waals surface area contributed by atoms with Gasteiger partial charge in [-0.2, -0.15) is 0 Å². The van der Waals surface area contributed by atoms with Gasteiger partial charge in [-0.05, 0) is 226 Å². The Kier molecular flexibility index (Phi) is 24.6. The molecule has 0 amide bonds. The largest absolute Gasteiger partial charge is 0.462 e. The molecule has 11 saturated carbocycles. The normalized spacial score (nSPS) is 46.5. The lowest BCUT2D eigenvalue weighted by Crippen LogP contribution is -2.44. The number of esters is 6. The highest BCUT2D eigenvalue weighted by Gasteiger charge is 2.61. The molecule has 83 heavy (non-hydrogen) atoms. The van der Waals surface area contributed by atoms with E-state index in [-0.39, 0.29) is 94.9 Å². The van der Waals surface area contributed by atoms with Crippen molar-refractivity contribution in [3.8, 4) is 0 Å². The standard InChI is InChI=1S/3C11H16O2.2C9H12O2.C8H12O2.6C2H6/c1-11-5-7-2-8(6-11)4-9(3-7)13-10(11)12;1-11-5-7-2-8(6-11)4-9(3-7)10(12)13-11;1-11-4-7-2-8(5-11)10(12)13-9(3-7)6-11;1-4-6-2-5-3-7(6)9(10)11-8(4)5;1-4-5-2-6-7(3-5)9(10)11-8(4)6;1-5-2-3-6-4-7(5)10-8(6)9;6*1-2/h3*7-9H,2-6H2,1H3;2*4-8H,2-3H2,1H3;5-7H,2-4H2,1H3;6*1-2H3. The molecule has 476 valence electrons. The molecule has 21 fully saturated rings. The molecule has 0 N–H and O–H groups in total. The number of hydrogen-bond acceptors (Lipinski definition) is 12. The van der Waals surface area contributed by atoms with Crippen LogP contribution in [0.5, 0.6) is 0 Å². The van der Waals surface area contributed by atoms with Crippen molar-refractivity contribution >= 4 is 35.8 Å². The molecule has 21 rings (SSSR count). The van der Waals surface area contributed by atoms with Crippen LogP contribution in [0.4, 0.5) is 0 Å². The minimum Gasteiger partial charge on any atom is -0.462 e. The highest BCUT2D eigenvalue weighted by Crippen LogP contribution is 2.59. The van der Waals surface area contributed by atoms with Crippen LogP contribution >= 0.6 is 0 Å². The van der Waals surface area contributed by atoms with E-state index in [1.54, 1.807) is 0 Å². The minimum atomic E-state index is -0.126. The molecule has 0 aromatic carbocycles. The van der Waals surface area contributed by atoms with Gasteiger partial charge < -0.3 is 28.4 Å². The van der Waals surface area contributed by atoms with Crippen molar-refractivity contribution < 1.29 is 57.2 Å². The summed E-state index contributed by atoms with van der Waals surface area (Å²) in [7, 11) is 0. The van der Waals surface area contributed by atoms with Crippen LogP contribution in [0, 0.1) is 111 Å². The first-order valence-corrected chi connectivity index (χ1v) is 35.0. The summed E-state index contributed by atoms with van der Waals surface area (Å²) >= 11 is 0. The van der Waals surface area contributed by atoms with Gasteiger partial charge in [-0.15, -0.1) is 0 Å². The lowest BCUT2D eigenvalue weighted by atomic mass is 9.60. The molecule has 21 atom stereocenters. The topological polar surface area (TPSA) is 158 Å². The van der Waals surface area contributed by atoms with Gasteiger partial charge in [0.25, 0.3) is 0 Å². The first kappa shape index (κ1) is 68.9. The van der Waals surface area contributed by atoms with Gasteiger partial charge in [0, 0.05) is 5.92 Å². The summed E-state index contributed by atoms with van der Waals surface area (Å²) in [6.45, 7) is 37.2. The monoisotopic (exact) mass is 1160 g/mol. The fraction of sp³-hybridized carbons (Fsp3) is 0.915. The van der Waals surface area contributed by atoms with E-state index < -0.39 is 0 Å². The van der Waals surface area contributed by atoms with Crippen LogP contribution in [0.1, 0.15) is 266 Å². The fourth-order valence-corrected chi connectivity index (χ4v) is 19.9. The van der Waals surface area contributed by atoms with Crippen molar-refractivity contribution in [1.29, 1.82) is 0 Å². The quantitative estimate of drug-likeness (QED) is 0.167. The number of fused-ring (bicyclic) bond motifs is 7. The molecule has 10 saturated heterocycles. The van der Waals surface area contributed by atoms with Crippen LogP contribution in [-0.4, -0.2) is 71.9 Å². The lowest BCUT2D eigenvalue weighted by Gasteiger charge is -2.44. The molecule has 12 heteroatoms.